The molecule has 0 saturated carbocycles. The number of ether oxygens (including phenoxy) is 1. The molecule has 7 nitrogen and oxygen atoms in total. The average molecular weight is 520 g/mol. The van der Waals surface area contributed by atoms with Crippen LogP contribution in [-0.2, 0) is 14.8 Å². The second-order valence-electron chi connectivity index (χ2n) is 7.09. The molecule has 0 aliphatic carbocycles. The maximum absolute atomic E-state index is 13.4. The first-order valence-electron chi connectivity index (χ1n) is 10.3. The summed E-state index contributed by atoms with van der Waals surface area (Å²) in [6, 6.07) is 19.6. The van der Waals surface area contributed by atoms with E-state index in [9.17, 15) is 13.2 Å². The molecule has 0 heterocycles. The van der Waals surface area contributed by atoms with E-state index in [-0.39, 0.29) is 20.6 Å². The normalized spacial score (nSPS) is 11.7. The van der Waals surface area contributed by atoms with Crippen molar-refractivity contribution in [1.82, 2.24) is 5.43 Å². The van der Waals surface area contributed by atoms with Crippen LogP contribution in [0.25, 0.3) is 0 Å². The summed E-state index contributed by atoms with van der Waals surface area (Å²) in [6.07, 6.45) is 0. The van der Waals surface area contributed by atoms with Gasteiger partial charge in [0.05, 0.1) is 32.9 Å². The van der Waals surface area contributed by atoms with Crippen LogP contribution in [0.3, 0.4) is 0 Å². The quantitative estimate of drug-likeness (QED) is 0.313. The number of nitrogens with zero attached hydrogens (tertiary/aromatic N) is 2. The smallest absolute Gasteiger partial charge is 0.264 e. The molecule has 0 radical (unpaired) electrons. The van der Waals surface area contributed by atoms with Crippen molar-refractivity contribution in [2.24, 2.45) is 5.10 Å². The number of hydrazone groups is 1. The van der Waals surface area contributed by atoms with Gasteiger partial charge in [-0.25, -0.2) is 13.8 Å². The third-order valence-electron chi connectivity index (χ3n) is 4.75. The van der Waals surface area contributed by atoms with Crippen LogP contribution in [0.4, 0.5) is 5.69 Å². The summed E-state index contributed by atoms with van der Waals surface area (Å²) >= 11 is 12.4. The number of benzene rings is 3. The van der Waals surface area contributed by atoms with Gasteiger partial charge in [0.15, 0.2) is 0 Å². The topological polar surface area (TPSA) is 88.1 Å². The van der Waals surface area contributed by atoms with E-state index in [0.29, 0.717) is 12.3 Å². The van der Waals surface area contributed by atoms with Crippen molar-refractivity contribution < 1.29 is 17.9 Å². The summed E-state index contributed by atoms with van der Waals surface area (Å²) < 4.78 is 33.1. The number of hydrogen-bond donors (Lipinski definition) is 1. The summed E-state index contributed by atoms with van der Waals surface area (Å²) in [4.78, 5) is 12.8. The van der Waals surface area contributed by atoms with Crippen molar-refractivity contribution in [3.05, 3.63) is 88.4 Å². The van der Waals surface area contributed by atoms with Gasteiger partial charge in [-0.2, -0.15) is 5.10 Å². The first-order chi connectivity index (χ1) is 16.2. The lowest BCUT2D eigenvalue weighted by Crippen LogP contribution is -2.40. The number of rotatable bonds is 9. The van der Waals surface area contributed by atoms with E-state index in [0.717, 1.165) is 15.6 Å². The van der Waals surface area contributed by atoms with Crippen LogP contribution in [0.15, 0.2) is 82.8 Å². The molecular formula is C24H23Cl2N3O4S. The number of hydrogen-bond acceptors (Lipinski definition) is 5. The Morgan fingerprint density at radius 2 is 1.68 bits per heavy atom. The second kappa shape index (κ2) is 11.4. The maximum Gasteiger partial charge on any atom is 0.264 e. The number of halogens is 2. The van der Waals surface area contributed by atoms with Crippen LogP contribution in [0.5, 0.6) is 5.75 Å². The molecule has 0 unspecified atom stereocenters. The van der Waals surface area contributed by atoms with Crippen molar-refractivity contribution in [3.63, 3.8) is 0 Å². The molecule has 3 rings (SSSR count). The SMILES string of the molecule is CCOc1ccc(/C(C)=N\NC(=O)CN(c2cccc(Cl)c2Cl)S(=O)(=O)c2ccccc2)cc1. The van der Waals surface area contributed by atoms with Crippen molar-refractivity contribution in [2.75, 3.05) is 17.5 Å². The third-order valence-corrected chi connectivity index (χ3v) is 7.33. The first-order valence-corrected chi connectivity index (χ1v) is 12.5. The van der Waals surface area contributed by atoms with Crippen molar-refractivity contribution in [2.45, 2.75) is 18.7 Å². The average Bonchev–Trinajstić information content (AvgIpc) is 2.84. The van der Waals surface area contributed by atoms with Gasteiger partial charge in [-0.1, -0.05) is 47.5 Å². The molecule has 3 aromatic carbocycles. The Hall–Kier alpha value is -3.07. The number of anilines is 1. The zero-order valence-electron chi connectivity index (χ0n) is 18.5. The van der Waals surface area contributed by atoms with Crippen LogP contribution < -0.4 is 14.5 Å². The highest BCUT2D eigenvalue weighted by Crippen LogP contribution is 2.35. The Morgan fingerprint density at radius 3 is 2.32 bits per heavy atom. The lowest BCUT2D eigenvalue weighted by atomic mass is 10.1. The van der Waals surface area contributed by atoms with E-state index < -0.39 is 22.5 Å². The molecule has 0 aliphatic rings. The fourth-order valence-electron chi connectivity index (χ4n) is 3.04. The van der Waals surface area contributed by atoms with E-state index in [4.69, 9.17) is 27.9 Å². The molecule has 1 N–H and O–H groups in total. The summed E-state index contributed by atoms with van der Waals surface area (Å²) in [5, 5.41) is 4.29. The van der Waals surface area contributed by atoms with E-state index in [1.807, 2.05) is 19.1 Å². The highest BCUT2D eigenvalue weighted by molar-refractivity contribution is 7.92. The summed E-state index contributed by atoms with van der Waals surface area (Å²) in [7, 11) is -4.12. The molecule has 34 heavy (non-hydrogen) atoms. The Morgan fingerprint density at radius 1 is 1.00 bits per heavy atom. The number of nitrogens with one attached hydrogen (secondary N) is 1. The fourth-order valence-corrected chi connectivity index (χ4v) is 4.94. The molecule has 10 heteroatoms. The summed E-state index contributed by atoms with van der Waals surface area (Å²) in [5.41, 5.74) is 3.81. The lowest BCUT2D eigenvalue weighted by molar-refractivity contribution is -0.119. The number of sulfonamides is 1. The van der Waals surface area contributed by atoms with Gasteiger partial charge in [0.25, 0.3) is 15.9 Å². The lowest BCUT2D eigenvalue weighted by Gasteiger charge is -2.25. The van der Waals surface area contributed by atoms with Gasteiger partial charge >= 0.3 is 0 Å². The molecule has 0 bridgehead atoms. The third kappa shape index (κ3) is 6.08. The zero-order chi connectivity index (χ0) is 24.7. The van der Waals surface area contributed by atoms with Gasteiger partial charge < -0.3 is 4.74 Å². The van der Waals surface area contributed by atoms with Gasteiger partial charge in [0.1, 0.15) is 12.3 Å². The Bertz CT molecular complexity index is 1280. The molecule has 3 aromatic rings. The zero-order valence-corrected chi connectivity index (χ0v) is 20.9. The monoisotopic (exact) mass is 519 g/mol. The van der Waals surface area contributed by atoms with Crippen LogP contribution in [0.1, 0.15) is 19.4 Å². The van der Waals surface area contributed by atoms with Gasteiger partial charge in [-0.15, -0.1) is 0 Å². The highest BCUT2D eigenvalue weighted by atomic mass is 35.5. The van der Waals surface area contributed by atoms with Crippen LogP contribution in [0, 0.1) is 0 Å². The van der Waals surface area contributed by atoms with E-state index in [1.165, 1.54) is 24.3 Å². The Labute approximate surface area is 209 Å². The van der Waals surface area contributed by atoms with Crippen LogP contribution in [-0.4, -0.2) is 33.2 Å². The molecular weight excluding hydrogens is 497 g/mol. The van der Waals surface area contributed by atoms with Crippen molar-refractivity contribution >= 4 is 50.5 Å². The highest BCUT2D eigenvalue weighted by Gasteiger charge is 2.29. The molecule has 178 valence electrons. The predicted octanol–water partition coefficient (Wildman–Crippen LogP) is 5.13. The Kier molecular flexibility index (Phi) is 8.55. The maximum atomic E-state index is 13.4. The van der Waals surface area contributed by atoms with Crippen molar-refractivity contribution in [3.8, 4) is 5.75 Å². The predicted molar refractivity (Wildman–Crippen MR) is 135 cm³/mol. The molecule has 0 atom stereocenters. The molecule has 0 fully saturated rings. The van der Waals surface area contributed by atoms with Crippen molar-refractivity contribution in [1.29, 1.82) is 0 Å². The largest absolute Gasteiger partial charge is 0.494 e. The van der Waals surface area contributed by atoms with E-state index in [1.54, 1.807) is 43.3 Å². The second-order valence-corrected chi connectivity index (χ2v) is 9.73. The van der Waals surface area contributed by atoms with Gasteiger partial charge in [0.2, 0.25) is 0 Å². The minimum atomic E-state index is -4.12. The molecule has 0 saturated heterocycles. The number of carbonyl (C=O) groups is 1. The van der Waals surface area contributed by atoms with E-state index >= 15 is 0 Å². The molecule has 0 aliphatic heterocycles. The van der Waals surface area contributed by atoms with Crippen LogP contribution >= 0.6 is 23.2 Å². The number of carbonyl (C=O) groups excluding carboxylic acids is 1. The summed E-state index contributed by atoms with van der Waals surface area (Å²) in [5.74, 6) is 0.0732. The Balaban J connectivity index is 1.85. The standard InChI is InChI=1S/C24H23Cl2N3O4S/c1-3-33-19-14-12-18(13-15-19)17(2)27-28-23(30)16-29(22-11-7-10-21(25)24(22)26)34(31,32)20-8-5-4-6-9-20/h4-15H,3,16H2,1-2H3,(H,28,30)/b27-17-. The van der Waals surface area contributed by atoms with Gasteiger partial charge in [-0.05, 0) is 67.9 Å². The first kappa shape index (κ1) is 25.6. The number of amides is 1. The fraction of sp³-hybridized carbons (Fsp3) is 0.167. The van der Waals surface area contributed by atoms with Crippen LogP contribution in [0.2, 0.25) is 10.0 Å². The van der Waals surface area contributed by atoms with Gasteiger partial charge in [-0.3, -0.25) is 9.10 Å². The minimum absolute atomic E-state index is 0.00733. The molecule has 0 spiro atoms. The van der Waals surface area contributed by atoms with E-state index in [2.05, 4.69) is 10.5 Å². The molecule has 0 aromatic heterocycles. The summed E-state index contributed by atoms with van der Waals surface area (Å²) in [6.45, 7) is 3.62. The molecule has 1 amide bonds. The van der Waals surface area contributed by atoms with Gasteiger partial charge in [0, 0.05) is 0 Å². The minimum Gasteiger partial charge on any atom is -0.494 e.